The van der Waals surface area contributed by atoms with Crippen molar-refractivity contribution in [3.63, 3.8) is 0 Å². The molecule has 0 spiro atoms. The molecule has 0 N–H and O–H groups in total. The Kier molecular flexibility index (Phi) is 3.81. The molecule has 0 aromatic rings. The molecule has 1 nitrogen and oxygen atoms in total. The van der Waals surface area contributed by atoms with E-state index in [4.69, 9.17) is 4.74 Å². The number of hydrogen-bond donors (Lipinski definition) is 0. The minimum Gasteiger partial charge on any atom is -0.494 e. The Bertz CT molecular complexity index is 156. The lowest BCUT2D eigenvalue weighted by Gasteiger charge is -2.12. The van der Waals surface area contributed by atoms with E-state index in [-0.39, 0.29) is 0 Å². The minimum atomic E-state index is 0.738. The zero-order valence-corrected chi connectivity index (χ0v) is 7.18. The van der Waals surface area contributed by atoms with Crippen molar-refractivity contribution in [3.05, 3.63) is 24.0 Å². The van der Waals surface area contributed by atoms with E-state index in [1.54, 1.807) is 0 Å². The van der Waals surface area contributed by atoms with Gasteiger partial charge in [0.15, 0.2) is 0 Å². The van der Waals surface area contributed by atoms with Crippen LogP contribution in [0.25, 0.3) is 0 Å². The first kappa shape index (κ1) is 8.38. The van der Waals surface area contributed by atoms with Gasteiger partial charge >= 0.3 is 0 Å². The highest BCUT2D eigenvalue weighted by atomic mass is 16.5. The van der Waals surface area contributed by atoms with Gasteiger partial charge in [0.1, 0.15) is 6.61 Å². The second kappa shape index (κ2) is 5.00. The van der Waals surface area contributed by atoms with Crippen molar-refractivity contribution in [3.8, 4) is 0 Å². The fraction of sp³-hybridized carbons (Fsp3) is 0.600. The molecule has 0 amide bonds. The summed E-state index contributed by atoms with van der Waals surface area (Å²) in [7, 11) is 0. The topological polar surface area (TPSA) is 9.23 Å². The summed E-state index contributed by atoms with van der Waals surface area (Å²) >= 11 is 0. The van der Waals surface area contributed by atoms with Gasteiger partial charge in [0.2, 0.25) is 0 Å². The van der Waals surface area contributed by atoms with Crippen LogP contribution < -0.4 is 0 Å². The van der Waals surface area contributed by atoms with Crippen molar-refractivity contribution >= 4 is 0 Å². The van der Waals surface area contributed by atoms with Crippen molar-refractivity contribution in [1.82, 2.24) is 0 Å². The van der Waals surface area contributed by atoms with Gasteiger partial charge in [0.05, 0.1) is 5.76 Å². The van der Waals surface area contributed by atoms with Gasteiger partial charge in [-0.1, -0.05) is 12.2 Å². The third-order valence-corrected chi connectivity index (χ3v) is 1.85. The molecular weight excluding hydrogens is 136 g/mol. The first-order valence-electron chi connectivity index (χ1n) is 4.36. The number of hydrogen-bond acceptors (Lipinski definition) is 1. The first-order chi connectivity index (χ1) is 5.43. The van der Waals surface area contributed by atoms with Gasteiger partial charge in [-0.15, -0.1) is 0 Å². The summed E-state index contributed by atoms with van der Waals surface area (Å²) in [5, 5.41) is 0. The van der Waals surface area contributed by atoms with Gasteiger partial charge in [-0.3, -0.25) is 0 Å². The Balaban J connectivity index is 2.19. The van der Waals surface area contributed by atoms with Crippen molar-refractivity contribution in [2.24, 2.45) is 0 Å². The molecule has 1 rings (SSSR count). The molecule has 0 unspecified atom stereocenters. The fourth-order valence-electron chi connectivity index (χ4n) is 1.19. The van der Waals surface area contributed by atoms with E-state index in [0.29, 0.717) is 0 Å². The smallest absolute Gasteiger partial charge is 0.106 e. The zero-order valence-electron chi connectivity index (χ0n) is 7.18. The Morgan fingerprint density at radius 1 is 1.55 bits per heavy atom. The van der Waals surface area contributed by atoms with Crippen LogP contribution >= 0.6 is 0 Å². The molecule has 0 bridgehead atoms. The Labute approximate surface area is 68.8 Å². The van der Waals surface area contributed by atoms with Crippen LogP contribution in [0.1, 0.15) is 32.6 Å². The van der Waals surface area contributed by atoms with E-state index >= 15 is 0 Å². The van der Waals surface area contributed by atoms with Crippen molar-refractivity contribution in [1.29, 1.82) is 0 Å². The molecule has 1 heteroatoms. The summed E-state index contributed by atoms with van der Waals surface area (Å²) in [6.45, 7) is 2.75. The fourth-order valence-corrected chi connectivity index (χ4v) is 1.19. The maximum absolute atomic E-state index is 5.50. The van der Waals surface area contributed by atoms with Crippen LogP contribution in [0.4, 0.5) is 0 Å². The molecule has 0 aliphatic heterocycles. The molecule has 0 saturated heterocycles. The molecule has 0 aromatic carbocycles. The van der Waals surface area contributed by atoms with Crippen LogP contribution in [0.5, 0.6) is 0 Å². The molecule has 0 heterocycles. The Morgan fingerprint density at radius 3 is 3.09 bits per heavy atom. The second-order valence-electron chi connectivity index (χ2n) is 2.80. The number of allylic oxidation sites excluding steroid dienone is 3. The van der Waals surface area contributed by atoms with Crippen LogP contribution in [-0.2, 0) is 4.74 Å². The van der Waals surface area contributed by atoms with E-state index in [0.717, 1.165) is 13.0 Å². The minimum absolute atomic E-state index is 0.738. The van der Waals surface area contributed by atoms with E-state index in [9.17, 15) is 0 Å². The summed E-state index contributed by atoms with van der Waals surface area (Å²) in [6, 6.07) is 0. The summed E-state index contributed by atoms with van der Waals surface area (Å²) in [4.78, 5) is 0. The van der Waals surface area contributed by atoms with Gasteiger partial charge in [-0.2, -0.15) is 0 Å². The molecule has 62 valence electrons. The molecule has 0 radical (unpaired) electrons. The summed E-state index contributed by atoms with van der Waals surface area (Å²) in [5.74, 6) is 1.19. The Morgan fingerprint density at radius 2 is 2.45 bits per heavy atom. The largest absolute Gasteiger partial charge is 0.494 e. The van der Waals surface area contributed by atoms with Gasteiger partial charge < -0.3 is 4.74 Å². The standard InChI is InChI=1S/C10H16O/c1-2-3-9-11-10-7-5-4-6-8-10/h2-3,7H,4-6,8-9H2,1H3/b3-2+. The van der Waals surface area contributed by atoms with Crippen LogP contribution in [0, 0.1) is 0 Å². The maximum Gasteiger partial charge on any atom is 0.106 e. The normalized spacial score (nSPS) is 18.5. The van der Waals surface area contributed by atoms with E-state index < -0.39 is 0 Å². The summed E-state index contributed by atoms with van der Waals surface area (Å²) < 4.78 is 5.50. The lowest BCUT2D eigenvalue weighted by atomic mass is 10.1. The Hall–Kier alpha value is -0.720. The van der Waals surface area contributed by atoms with Gasteiger partial charge in [-0.25, -0.2) is 0 Å². The molecule has 0 saturated carbocycles. The molecule has 0 aromatic heterocycles. The van der Waals surface area contributed by atoms with Crippen LogP contribution in [0.2, 0.25) is 0 Å². The molecule has 1 aliphatic rings. The average molecular weight is 152 g/mol. The number of ether oxygens (including phenoxy) is 1. The maximum atomic E-state index is 5.50. The zero-order chi connectivity index (χ0) is 7.94. The van der Waals surface area contributed by atoms with E-state index in [1.807, 2.05) is 19.1 Å². The van der Waals surface area contributed by atoms with Gasteiger partial charge in [-0.05, 0) is 32.3 Å². The van der Waals surface area contributed by atoms with Crippen LogP contribution in [0.3, 0.4) is 0 Å². The molecule has 1 aliphatic carbocycles. The van der Waals surface area contributed by atoms with Crippen molar-refractivity contribution in [2.45, 2.75) is 32.6 Å². The predicted molar refractivity (Wildman–Crippen MR) is 47.3 cm³/mol. The molecule has 0 atom stereocenters. The third-order valence-electron chi connectivity index (χ3n) is 1.85. The van der Waals surface area contributed by atoms with Crippen LogP contribution in [0.15, 0.2) is 24.0 Å². The highest BCUT2D eigenvalue weighted by Crippen LogP contribution is 2.17. The molecule has 11 heavy (non-hydrogen) atoms. The molecule has 0 fully saturated rings. The van der Waals surface area contributed by atoms with Crippen molar-refractivity contribution < 1.29 is 4.74 Å². The van der Waals surface area contributed by atoms with E-state index in [1.165, 1.54) is 25.0 Å². The SMILES string of the molecule is C/C=C/COC1=CCCCC1. The average Bonchev–Trinajstić information content (AvgIpc) is 2.07. The predicted octanol–water partition coefficient (Wildman–Crippen LogP) is 3.04. The van der Waals surface area contributed by atoms with Gasteiger partial charge in [0, 0.05) is 6.42 Å². The van der Waals surface area contributed by atoms with Crippen molar-refractivity contribution in [2.75, 3.05) is 6.61 Å². The third kappa shape index (κ3) is 3.26. The summed E-state index contributed by atoms with van der Waals surface area (Å²) in [6.07, 6.45) is 11.2. The quantitative estimate of drug-likeness (QED) is 0.565. The lowest BCUT2D eigenvalue weighted by molar-refractivity contribution is 0.227. The first-order valence-corrected chi connectivity index (χ1v) is 4.36. The van der Waals surface area contributed by atoms with E-state index in [2.05, 4.69) is 6.08 Å². The highest BCUT2D eigenvalue weighted by molar-refractivity contribution is 4.97. The monoisotopic (exact) mass is 152 g/mol. The number of rotatable bonds is 3. The second-order valence-corrected chi connectivity index (χ2v) is 2.80. The molecular formula is C10H16O. The van der Waals surface area contributed by atoms with Gasteiger partial charge in [0.25, 0.3) is 0 Å². The lowest BCUT2D eigenvalue weighted by Crippen LogP contribution is -1.96. The summed E-state index contributed by atoms with van der Waals surface area (Å²) in [5.41, 5.74) is 0. The highest BCUT2D eigenvalue weighted by Gasteiger charge is 2.02. The van der Waals surface area contributed by atoms with Crippen LogP contribution in [-0.4, -0.2) is 6.61 Å².